The maximum Gasteiger partial charge on any atom is 0.229 e. The third-order valence-corrected chi connectivity index (χ3v) is 7.84. The molecule has 0 amide bonds. The minimum atomic E-state index is -1.82. The summed E-state index contributed by atoms with van der Waals surface area (Å²) in [4.78, 5) is 13.4. The molecule has 0 aliphatic carbocycles. The van der Waals surface area contributed by atoms with Gasteiger partial charge in [-0.15, -0.1) is 0 Å². The van der Waals surface area contributed by atoms with Crippen molar-refractivity contribution in [2.75, 3.05) is 27.4 Å². The number of aliphatic hydroxyl groups excluding tert-OH is 7. The molecule has 0 unspecified atom stereocenters. The second-order valence-electron chi connectivity index (χ2n) is 10.7. The second-order valence-corrected chi connectivity index (χ2v) is 10.7. The number of hydrogen-bond donors (Lipinski definition) is 9. The molecular formula is C29H34O17. The zero-order chi connectivity index (χ0) is 33.4. The molecule has 252 valence electrons. The van der Waals surface area contributed by atoms with Gasteiger partial charge in [0.15, 0.2) is 29.3 Å². The fourth-order valence-corrected chi connectivity index (χ4v) is 5.23. The van der Waals surface area contributed by atoms with Crippen LogP contribution < -0.4 is 19.6 Å². The SMILES string of the molecule is COc1cc2occ(-c3ccc(O[C@H]4O[C@@H](CO[C@H]5O[C@@H](CO)[C@@H](O)[C@@H](O)[C@H]5O)[C@@H](O)[C@@H](O)[C@H]4O)c(O)c3)c(=O)c2c(OC)c1O. The number of phenols is 2. The van der Waals surface area contributed by atoms with Crippen LogP contribution in [0.1, 0.15) is 0 Å². The first-order valence-corrected chi connectivity index (χ1v) is 13.9. The van der Waals surface area contributed by atoms with Crippen LogP contribution in [0.4, 0.5) is 0 Å². The summed E-state index contributed by atoms with van der Waals surface area (Å²) in [5, 5.41) is 91.9. The highest BCUT2D eigenvalue weighted by atomic mass is 16.7. The standard InChI is InChI=1S/C29H34O17/c1-40-15-6-14-18(27(41-2)22(15)35)19(32)11(8-42-14)10-3-4-13(12(31)5-10)44-29-26(39)24(37)21(34)17(46-29)9-43-28-25(38)23(36)20(33)16(7-30)45-28/h3-6,8,16-17,20-21,23-26,28-31,33-39H,7,9H2,1-2H3/t16-,17-,20+,21+,23+,24+,25+,26+,28-,29-/m0/s1. The molecule has 2 aromatic carbocycles. The monoisotopic (exact) mass is 654 g/mol. The van der Waals surface area contributed by atoms with E-state index in [0.29, 0.717) is 0 Å². The smallest absolute Gasteiger partial charge is 0.229 e. The number of aliphatic hydroxyl groups is 7. The zero-order valence-corrected chi connectivity index (χ0v) is 24.4. The maximum absolute atomic E-state index is 13.4. The Morgan fingerprint density at radius 1 is 0.783 bits per heavy atom. The molecule has 2 aliphatic heterocycles. The third-order valence-electron chi connectivity index (χ3n) is 7.84. The Labute approximate surface area is 259 Å². The maximum atomic E-state index is 13.4. The summed E-state index contributed by atoms with van der Waals surface area (Å²) in [5.74, 6) is -1.35. The molecule has 17 nitrogen and oxygen atoms in total. The van der Waals surface area contributed by atoms with E-state index in [1.54, 1.807) is 0 Å². The van der Waals surface area contributed by atoms with Crippen molar-refractivity contribution in [2.45, 2.75) is 61.4 Å². The van der Waals surface area contributed by atoms with E-state index in [4.69, 9.17) is 32.8 Å². The Hall–Kier alpha value is -3.75. The average Bonchev–Trinajstić information content (AvgIpc) is 3.05. The number of methoxy groups -OCH3 is 2. The van der Waals surface area contributed by atoms with Crippen LogP contribution in [0.25, 0.3) is 22.1 Å². The largest absolute Gasteiger partial charge is 0.504 e. The van der Waals surface area contributed by atoms with Gasteiger partial charge in [-0.1, -0.05) is 6.07 Å². The summed E-state index contributed by atoms with van der Waals surface area (Å²) in [7, 11) is 2.57. The second kappa shape index (κ2) is 13.5. The number of hydrogen-bond acceptors (Lipinski definition) is 17. The van der Waals surface area contributed by atoms with Gasteiger partial charge in [0, 0.05) is 6.07 Å². The molecule has 0 saturated carbocycles. The van der Waals surface area contributed by atoms with Gasteiger partial charge in [-0.05, 0) is 17.7 Å². The van der Waals surface area contributed by atoms with Crippen molar-refractivity contribution in [3.63, 3.8) is 0 Å². The van der Waals surface area contributed by atoms with Gasteiger partial charge >= 0.3 is 0 Å². The molecular weight excluding hydrogens is 620 g/mol. The molecule has 10 atom stereocenters. The van der Waals surface area contributed by atoms with Crippen LogP contribution in [0.5, 0.6) is 28.7 Å². The van der Waals surface area contributed by atoms with Crippen molar-refractivity contribution < 1.29 is 78.8 Å². The predicted octanol–water partition coefficient (Wildman–Crippen LogP) is -2.11. The Kier molecular flexibility index (Phi) is 9.89. The summed E-state index contributed by atoms with van der Waals surface area (Å²) >= 11 is 0. The molecule has 0 radical (unpaired) electrons. The average molecular weight is 655 g/mol. The molecule has 2 aliphatic rings. The number of phenolic OH excluding ortho intramolecular Hbond substituents is 2. The van der Waals surface area contributed by atoms with Gasteiger partial charge in [0.2, 0.25) is 17.5 Å². The molecule has 2 saturated heterocycles. The van der Waals surface area contributed by atoms with Crippen molar-refractivity contribution in [1.29, 1.82) is 0 Å². The quantitative estimate of drug-likeness (QED) is 0.119. The first-order valence-electron chi connectivity index (χ1n) is 13.9. The van der Waals surface area contributed by atoms with Gasteiger partial charge in [0.1, 0.15) is 66.1 Å². The molecule has 17 heteroatoms. The lowest BCUT2D eigenvalue weighted by atomic mass is 9.98. The lowest BCUT2D eigenvalue weighted by Crippen LogP contribution is -2.62. The van der Waals surface area contributed by atoms with Gasteiger partial charge in [-0.3, -0.25) is 4.79 Å². The van der Waals surface area contributed by atoms with E-state index in [1.807, 2.05) is 0 Å². The molecule has 5 rings (SSSR count). The minimum absolute atomic E-state index is 0.0184. The molecule has 0 spiro atoms. The fraction of sp³-hybridized carbons (Fsp3) is 0.483. The molecule has 2 fully saturated rings. The van der Waals surface area contributed by atoms with E-state index in [9.17, 15) is 50.8 Å². The predicted molar refractivity (Wildman–Crippen MR) is 151 cm³/mol. The minimum Gasteiger partial charge on any atom is -0.504 e. The van der Waals surface area contributed by atoms with Crippen LogP contribution in [-0.2, 0) is 14.2 Å². The Balaban J connectivity index is 1.34. The summed E-state index contributed by atoms with van der Waals surface area (Å²) in [6.45, 7) is -1.28. The van der Waals surface area contributed by atoms with Gasteiger partial charge in [-0.2, -0.15) is 0 Å². The van der Waals surface area contributed by atoms with E-state index < -0.39 is 91.6 Å². The van der Waals surface area contributed by atoms with Crippen LogP contribution in [0.15, 0.2) is 39.7 Å². The number of benzene rings is 2. The molecule has 1 aromatic heterocycles. The molecule has 3 aromatic rings. The molecule has 9 N–H and O–H groups in total. The highest BCUT2D eigenvalue weighted by molar-refractivity contribution is 5.91. The van der Waals surface area contributed by atoms with E-state index >= 15 is 0 Å². The van der Waals surface area contributed by atoms with E-state index in [-0.39, 0.29) is 39.3 Å². The summed E-state index contributed by atoms with van der Waals surface area (Å²) in [5.41, 5.74) is -0.382. The van der Waals surface area contributed by atoms with Gasteiger partial charge in [0.25, 0.3) is 0 Å². The van der Waals surface area contributed by atoms with Gasteiger partial charge in [0.05, 0.1) is 33.0 Å². The van der Waals surface area contributed by atoms with Crippen molar-refractivity contribution in [3.8, 4) is 39.9 Å². The Morgan fingerprint density at radius 2 is 1.43 bits per heavy atom. The topological polar surface area (TPSA) is 268 Å². The highest BCUT2D eigenvalue weighted by Crippen LogP contribution is 2.42. The normalized spacial score (nSPS) is 31.5. The zero-order valence-electron chi connectivity index (χ0n) is 24.4. The molecule has 3 heterocycles. The molecule has 0 bridgehead atoms. The Morgan fingerprint density at radius 3 is 2.07 bits per heavy atom. The van der Waals surface area contributed by atoms with Gasteiger partial charge < -0.3 is 78.8 Å². The van der Waals surface area contributed by atoms with Crippen LogP contribution in [0, 0.1) is 0 Å². The van der Waals surface area contributed by atoms with Crippen molar-refractivity contribution in [1.82, 2.24) is 0 Å². The highest BCUT2D eigenvalue weighted by Gasteiger charge is 2.48. The van der Waals surface area contributed by atoms with Crippen LogP contribution >= 0.6 is 0 Å². The number of rotatable bonds is 9. The van der Waals surface area contributed by atoms with E-state index in [2.05, 4.69) is 0 Å². The van der Waals surface area contributed by atoms with Crippen LogP contribution in [0.3, 0.4) is 0 Å². The summed E-state index contributed by atoms with van der Waals surface area (Å²) in [6, 6.07) is 5.09. The van der Waals surface area contributed by atoms with Crippen LogP contribution in [0.2, 0.25) is 0 Å². The number of aromatic hydroxyl groups is 2. The van der Waals surface area contributed by atoms with E-state index in [0.717, 1.165) is 12.3 Å². The number of ether oxygens (including phenoxy) is 6. The van der Waals surface area contributed by atoms with Crippen molar-refractivity contribution in [2.24, 2.45) is 0 Å². The lowest BCUT2D eigenvalue weighted by Gasteiger charge is -2.42. The summed E-state index contributed by atoms with van der Waals surface area (Å²) < 4.78 is 37.7. The van der Waals surface area contributed by atoms with Crippen LogP contribution in [-0.4, -0.2) is 135 Å². The third kappa shape index (κ3) is 6.05. The summed E-state index contributed by atoms with van der Waals surface area (Å²) in [6.07, 6.45) is -15.2. The van der Waals surface area contributed by atoms with Gasteiger partial charge in [-0.25, -0.2) is 0 Å². The first-order chi connectivity index (χ1) is 21.9. The van der Waals surface area contributed by atoms with E-state index in [1.165, 1.54) is 32.4 Å². The first kappa shape index (κ1) is 33.6. The lowest BCUT2D eigenvalue weighted by molar-refractivity contribution is -0.323. The number of fused-ring (bicyclic) bond motifs is 1. The van der Waals surface area contributed by atoms with Crippen molar-refractivity contribution in [3.05, 3.63) is 40.8 Å². The molecule has 46 heavy (non-hydrogen) atoms. The van der Waals surface area contributed by atoms with Crippen molar-refractivity contribution >= 4 is 11.0 Å². The fourth-order valence-electron chi connectivity index (χ4n) is 5.23. The Bertz CT molecular complexity index is 1590.